The van der Waals surface area contributed by atoms with Crippen LogP contribution in [0.25, 0.3) is 5.52 Å². The highest BCUT2D eigenvalue weighted by Gasteiger charge is 2.14. The van der Waals surface area contributed by atoms with Gasteiger partial charge in [-0.1, -0.05) is 12.1 Å². The van der Waals surface area contributed by atoms with Crippen molar-refractivity contribution >= 4 is 23.2 Å². The van der Waals surface area contributed by atoms with Crippen molar-refractivity contribution in [2.45, 2.75) is 13.3 Å². The summed E-state index contributed by atoms with van der Waals surface area (Å²) in [6.45, 7) is 2.51. The molecule has 8 nitrogen and oxygen atoms in total. The lowest BCUT2D eigenvalue weighted by molar-refractivity contribution is 0.0528. The molecule has 0 spiro atoms. The van der Waals surface area contributed by atoms with Crippen molar-refractivity contribution in [1.29, 1.82) is 0 Å². The largest absolute Gasteiger partial charge is 0.497 e. The van der Waals surface area contributed by atoms with E-state index in [9.17, 15) is 9.59 Å². The van der Waals surface area contributed by atoms with Crippen LogP contribution in [0.2, 0.25) is 0 Å². The number of pyridine rings is 1. The van der Waals surface area contributed by atoms with Crippen LogP contribution < -0.4 is 15.4 Å². The highest BCUT2D eigenvalue weighted by atomic mass is 16.5. The molecule has 146 valence electrons. The Kier molecular flexibility index (Phi) is 6.11. The van der Waals surface area contributed by atoms with Crippen molar-refractivity contribution in [1.82, 2.24) is 14.9 Å². The number of fused-ring (bicyclic) bond motifs is 1. The monoisotopic (exact) mass is 382 g/mol. The van der Waals surface area contributed by atoms with Crippen LogP contribution in [-0.4, -0.2) is 41.9 Å². The van der Waals surface area contributed by atoms with Gasteiger partial charge in [0.2, 0.25) is 0 Å². The van der Waals surface area contributed by atoms with Crippen molar-refractivity contribution < 1.29 is 19.1 Å². The highest BCUT2D eigenvalue weighted by Crippen LogP contribution is 2.17. The Morgan fingerprint density at radius 3 is 2.68 bits per heavy atom. The molecule has 28 heavy (non-hydrogen) atoms. The summed E-state index contributed by atoms with van der Waals surface area (Å²) in [5, 5.41) is 9.69. The number of urea groups is 1. The number of hydrogen-bond acceptors (Lipinski definition) is 5. The summed E-state index contributed by atoms with van der Waals surface area (Å²) in [4.78, 5) is 24.1. The average Bonchev–Trinajstić information content (AvgIpc) is 3.12. The van der Waals surface area contributed by atoms with E-state index in [1.54, 1.807) is 36.9 Å². The standard InChI is InChI=1S/C20H22N4O4/c1-3-28-19(25)17-13-22-24-11-9-15(12-18(17)24)23-20(26)21-10-8-14-4-6-16(27-2)7-5-14/h4-7,9,11-13H,3,8,10H2,1-2H3,(H2,21,23,26). The molecule has 3 rings (SSSR count). The Morgan fingerprint density at radius 1 is 1.18 bits per heavy atom. The number of benzene rings is 1. The van der Waals surface area contributed by atoms with E-state index in [0.717, 1.165) is 11.3 Å². The molecule has 0 aliphatic rings. The lowest BCUT2D eigenvalue weighted by Gasteiger charge is -2.09. The normalized spacial score (nSPS) is 10.5. The number of amides is 2. The first kappa shape index (κ1) is 19.2. The van der Waals surface area contributed by atoms with Crippen LogP contribution in [0, 0.1) is 0 Å². The number of hydrogen-bond donors (Lipinski definition) is 2. The van der Waals surface area contributed by atoms with E-state index in [4.69, 9.17) is 9.47 Å². The highest BCUT2D eigenvalue weighted by molar-refractivity contribution is 5.98. The summed E-state index contributed by atoms with van der Waals surface area (Å²) in [6.07, 6.45) is 3.82. The zero-order valence-corrected chi connectivity index (χ0v) is 15.8. The van der Waals surface area contributed by atoms with Crippen LogP contribution in [0.3, 0.4) is 0 Å². The Hall–Kier alpha value is -3.55. The molecule has 2 aromatic heterocycles. The van der Waals surface area contributed by atoms with E-state index >= 15 is 0 Å². The molecule has 0 aliphatic carbocycles. The number of nitrogens with one attached hydrogen (secondary N) is 2. The molecule has 2 heterocycles. The molecule has 0 fully saturated rings. The maximum Gasteiger partial charge on any atom is 0.341 e. The minimum absolute atomic E-state index is 0.282. The van der Waals surface area contributed by atoms with Crippen LogP contribution in [0.4, 0.5) is 10.5 Å². The van der Waals surface area contributed by atoms with Gasteiger partial charge in [0.05, 0.1) is 25.4 Å². The molecular weight excluding hydrogens is 360 g/mol. The molecular formula is C20H22N4O4. The molecule has 2 amide bonds. The third-order valence-corrected chi connectivity index (χ3v) is 4.13. The van der Waals surface area contributed by atoms with Gasteiger partial charge in [-0.15, -0.1) is 0 Å². The minimum atomic E-state index is -0.446. The predicted molar refractivity (Wildman–Crippen MR) is 105 cm³/mol. The first-order chi connectivity index (χ1) is 13.6. The molecule has 0 unspecified atom stereocenters. The molecule has 8 heteroatoms. The van der Waals surface area contributed by atoms with Crippen molar-refractivity contribution in [3.63, 3.8) is 0 Å². The van der Waals surface area contributed by atoms with Gasteiger partial charge in [0, 0.05) is 18.4 Å². The van der Waals surface area contributed by atoms with Crippen molar-refractivity contribution in [3.8, 4) is 5.75 Å². The Balaban J connectivity index is 1.57. The van der Waals surface area contributed by atoms with Crippen LogP contribution in [0.15, 0.2) is 48.8 Å². The summed E-state index contributed by atoms with van der Waals surface area (Å²) in [6, 6.07) is 10.8. The van der Waals surface area contributed by atoms with E-state index in [1.807, 2.05) is 24.3 Å². The number of rotatable bonds is 7. The second-order valence-electron chi connectivity index (χ2n) is 6.00. The maximum absolute atomic E-state index is 12.1. The van der Waals surface area contributed by atoms with E-state index in [1.165, 1.54) is 6.20 Å². The zero-order chi connectivity index (χ0) is 19.9. The summed E-state index contributed by atoms with van der Waals surface area (Å²) in [5.41, 5.74) is 2.57. The van der Waals surface area contributed by atoms with E-state index in [0.29, 0.717) is 29.7 Å². The topological polar surface area (TPSA) is 94.0 Å². The van der Waals surface area contributed by atoms with E-state index in [-0.39, 0.29) is 12.6 Å². The van der Waals surface area contributed by atoms with Gasteiger partial charge in [-0.2, -0.15) is 5.10 Å². The second-order valence-corrected chi connectivity index (χ2v) is 6.00. The molecule has 1 aromatic carbocycles. The van der Waals surface area contributed by atoms with Crippen molar-refractivity contribution in [3.05, 3.63) is 59.9 Å². The Bertz CT molecular complexity index is 966. The van der Waals surface area contributed by atoms with Gasteiger partial charge in [-0.3, -0.25) is 0 Å². The first-order valence-corrected chi connectivity index (χ1v) is 8.93. The molecule has 0 saturated carbocycles. The number of aromatic nitrogens is 2. The Morgan fingerprint density at radius 2 is 1.96 bits per heavy atom. The summed E-state index contributed by atoms with van der Waals surface area (Å²) < 4.78 is 11.7. The number of carbonyl (C=O) groups is 2. The third-order valence-electron chi connectivity index (χ3n) is 4.13. The number of nitrogens with zero attached hydrogens (tertiary/aromatic N) is 2. The first-order valence-electron chi connectivity index (χ1n) is 8.93. The molecule has 3 aromatic rings. The van der Waals surface area contributed by atoms with Crippen molar-refractivity contribution in [2.75, 3.05) is 25.6 Å². The summed E-state index contributed by atoms with van der Waals surface area (Å²) in [5.74, 6) is 0.352. The minimum Gasteiger partial charge on any atom is -0.497 e. The van der Waals surface area contributed by atoms with Gasteiger partial charge in [-0.05, 0) is 43.2 Å². The van der Waals surface area contributed by atoms with Crippen LogP contribution in [0.5, 0.6) is 5.75 Å². The summed E-state index contributed by atoms with van der Waals surface area (Å²) in [7, 11) is 1.62. The third kappa shape index (κ3) is 4.59. The second kappa shape index (κ2) is 8.90. The lowest BCUT2D eigenvalue weighted by Crippen LogP contribution is -2.30. The fraction of sp³-hybridized carbons (Fsp3) is 0.250. The quantitative estimate of drug-likeness (QED) is 0.613. The number of carbonyl (C=O) groups excluding carboxylic acids is 2. The molecule has 0 aliphatic heterocycles. The van der Waals surface area contributed by atoms with Gasteiger partial charge >= 0.3 is 12.0 Å². The Labute approximate surface area is 162 Å². The zero-order valence-electron chi connectivity index (χ0n) is 15.8. The molecule has 0 saturated heterocycles. The number of ether oxygens (including phenoxy) is 2. The summed E-state index contributed by atoms with van der Waals surface area (Å²) >= 11 is 0. The molecule has 0 radical (unpaired) electrons. The predicted octanol–water partition coefficient (Wildman–Crippen LogP) is 2.88. The fourth-order valence-corrected chi connectivity index (χ4v) is 2.71. The van der Waals surface area contributed by atoms with Gasteiger partial charge in [0.15, 0.2) is 0 Å². The van der Waals surface area contributed by atoms with Crippen LogP contribution >= 0.6 is 0 Å². The van der Waals surface area contributed by atoms with Gasteiger partial charge in [0.1, 0.15) is 11.3 Å². The maximum atomic E-state index is 12.1. The van der Waals surface area contributed by atoms with Gasteiger partial charge in [-0.25, -0.2) is 14.1 Å². The molecule has 0 bridgehead atoms. The number of anilines is 1. The fourth-order valence-electron chi connectivity index (χ4n) is 2.71. The smallest absolute Gasteiger partial charge is 0.341 e. The van der Waals surface area contributed by atoms with Gasteiger partial charge < -0.3 is 20.1 Å². The van der Waals surface area contributed by atoms with Crippen LogP contribution in [-0.2, 0) is 11.2 Å². The van der Waals surface area contributed by atoms with Gasteiger partial charge in [0.25, 0.3) is 0 Å². The van der Waals surface area contributed by atoms with E-state index < -0.39 is 5.97 Å². The average molecular weight is 382 g/mol. The SMILES string of the molecule is CCOC(=O)c1cnn2ccc(NC(=O)NCCc3ccc(OC)cc3)cc12. The molecule has 0 atom stereocenters. The van der Waals surface area contributed by atoms with Crippen molar-refractivity contribution in [2.24, 2.45) is 0 Å². The number of esters is 1. The van der Waals surface area contributed by atoms with E-state index in [2.05, 4.69) is 15.7 Å². The van der Waals surface area contributed by atoms with Crippen LogP contribution in [0.1, 0.15) is 22.8 Å². The molecule has 2 N–H and O–H groups in total. The lowest BCUT2D eigenvalue weighted by atomic mass is 10.1. The number of methoxy groups -OCH3 is 1.